The number of piperazine rings is 1. The molecule has 1 N–H and O–H groups in total. The molecule has 11 heteroatoms. The number of hydrogen-bond acceptors (Lipinski definition) is 8. The summed E-state index contributed by atoms with van der Waals surface area (Å²) < 4.78 is 32.1. The molecule has 1 aliphatic carbocycles. The third kappa shape index (κ3) is 5.01. The first-order chi connectivity index (χ1) is 15.4. The number of carbonyl (C=O) groups excluding carboxylic acids is 2. The Morgan fingerprint density at radius 1 is 1.25 bits per heavy atom. The molecule has 1 saturated heterocycles. The highest BCUT2D eigenvalue weighted by atomic mass is 32.2. The van der Waals surface area contributed by atoms with E-state index in [-0.39, 0.29) is 24.0 Å². The van der Waals surface area contributed by atoms with Gasteiger partial charge in [-0.3, -0.25) is 14.7 Å². The van der Waals surface area contributed by atoms with E-state index >= 15 is 0 Å². The highest BCUT2D eigenvalue weighted by Gasteiger charge is 2.33. The van der Waals surface area contributed by atoms with E-state index in [9.17, 15) is 18.0 Å². The van der Waals surface area contributed by atoms with Gasteiger partial charge in [-0.1, -0.05) is 0 Å². The van der Waals surface area contributed by atoms with Gasteiger partial charge in [0, 0.05) is 38.6 Å². The number of sulfonamides is 1. The summed E-state index contributed by atoms with van der Waals surface area (Å²) in [6, 6.07) is 3.12. The van der Waals surface area contributed by atoms with Gasteiger partial charge in [0.1, 0.15) is 9.90 Å². The molecule has 0 spiro atoms. The molecular formula is C21H26N4O5S2. The molecule has 9 nitrogen and oxygen atoms in total. The number of pyridine rings is 1. The number of aromatic nitrogens is 1. The number of thiophene rings is 1. The number of nitrogens with one attached hydrogen (secondary N) is 1. The number of hydrogen-bond donors (Lipinski definition) is 1. The molecule has 0 aromatic carbocycles. The van der Waals surface area contributed by atoms with Gasteiger partial charge in [0.15, 0.2) is 0 Å². The van der Waals surface area contributed by atoms with E-state index < -0.39 is 16.0 Å². The lowest BCUT2D eigenvalue weighted by atomic mass is 10.1. The van der Waals surface area contributed by atoms with E-state index in [4.69, 9.17) is 4.74 Å². The Bertz CT molecular complexity index is 1070. The second-order valence-electron chi connectivity index (χ2n) is 7.81. The van der Waals surface area contributed by atoms with Crippen LogP contribution in [0.4, 0.5) is 5.00 Å². The fraction of sp³-hybridized carbons (Fsp3) is 0.476. The molecular weight excluding hydrogens is 452 g/mol. The Morgan fingerprint density at radius 3 is 2.62 bits per heavy atom. The Hall–Kier alpha value is -2.34. The van der Waals surface area contributed by atoms with Crippen LogP contribution < -0.4 is 5.32 Å². The average Bonchev–Trinajstić information content (AvgIpc) is 3.55. The largest absolute Gasteiger partial charge is 0.462 e. The number of amides is 1. The van der Waals surface area contributed by atoms with Crippen molar-refractivity contribution in [2.75, 3.05) is 44.6 Å². The van der Waals surface area contributed by atoms with Crippen LogP contribution in [-0.4, -0.2) is 73.8 Å². The number of esters is 1. The van der Waals surface area contributed by atoms with E-state index in [0.29, 0.717) is 42.7 Å². The zero-order valence-corrected chi connectivity index (χ0v) is 19.5. The fourth-order valence-corrected chi connectivity index (χ4v) is 6.15. The van der Waals surface area contributed by atoms with E-state index in [2.05, 4.69) is 10.3 Å². The van der Waals surface area contributed by atoms with Crippen LogP contribution in [0.3, 0.4) is 0 Å². The van der Waals surface area contributed by atoms with Gasteiger partial charge in [-0.2, -0.15) is 4.31 Å². The van der Waals surface area contributed by atoms with Crippen LogP contribution in [0.1, 0.15) is 41.6 Å². The van der Waals surface area contributed by atoms with Crippen molar-refractivity contribution in [3.8, 4) is 0 Å². The van der Waals surface area contributed by atoms with Crippen LogP contribution in [0.5, 0.6) is 0 Å². The van der Waals surface area contributed by atoms with Crippen molar-refractivity contribution in [1.29, 1.82) is 0 Å². The minimum atomic E-state index is -3.59. The average molecular weight is 479 g/mol. The minimum absolute atomic E-state index is 0.125. The monoisotopic (exact) mass is 478 g/mol. The third-order valence-electron chi connectivity index (χ3n) is 5.54. The summed E-state index contributed by atoms with van der Waals surface area (Å²) in [4.78, 5) is 31.1. The highest BCUT2D eigenvalue weighted by Crippen LogP contribution is 2.46. The highest BCUT2D eigenvalue weighted by molar-refractivity contribution is 7.89. The topological polar surface area (TPSA) is 109 Å². The molecule has 0 atom stereocenters. The first-order valence-corrected chi connectivity index (χ1v) is 12.9. The first kappa shape index (κ1) is 22.8. The summed E-state index contributed by atoms with van der Waals surface area (Å²) in [5, 5.41) is 5.32. The second kappa shape index (κ2) is 9.65. The summed E-state index contributed by atoms with van der Waals surface area (Å²) in [7, 11) is -3.59. The molecule has 2 aromatic rings. The molecule has 172 valence electrons. The van der Waals surface area contributed by atoms with Crippen molar-refractivity contribution in [3.05, 3.63) is 41.0 Å². The summed E-state index contributed by atoms with van der Waals surface area (Å²) in [5.41, 5.74) is 1.43. The second-order valence-corrected chi connectivity index (χ2v) is 10.6. The molecule has 3 heterocycles. The molecule has 2 fully saturated rings. The van der Waals surface area contributed by atoms with Gasteiger partial charge in [-0.25, -0.2) is 13.2 Å². The molecule has 2 aliphatic rings. The lowest BCUT2D eigenvalue weighted by molar-refractivity contribution is -0.117. The minimum Gasteiger partial charge on any atom is -0.462 e. The van der Waals surface area contributed by atoms with E-state index in [0.717, 1.165) is 18.4 Å². The van der Waals surface area contributed by atoms with Gasteiger partial charge in [-0.15, -0.1) is 11.3 Å². The normalized spacial score (nSPS) is 17.8. The Balaban J connectivity index is 1.35. The van der Waals surface area contributed by atoms with Gasteiger partial charge in [0.2, 0.25) is 15.9 Å². The summed E-state index contributed by atoms with van der Waals surface area (Å²) in [5.74, 6) is -0.269. The molecule has 1 aliphatic heterocycles. The van der Waals surface area contributed by atoms with Crippen molar-refractivity contribution in [2.24, 2.45) is 0 Å². The van der Waals surface area contributed by atoms with Crippen molar-refractivity contribution in [1.82, 2.24) is 14.2 Å². The Labute approximate surface area is 191 Å². The van der Waals surface area contributed by atoms with E-state index in [1.54, 1.807) is 13.0 Å². The van der Waals surface area contributed by atoms with Crippen molar-refractivity contribution in [2.45, 2.75) is 30.6 Å². The zero-order valence-electron chi connectivity index (χ0n) is 17.8. The van der Waals surface area contributed by atoms with Crippen molar-refractivity contribution < 1.29 is 22.7 Å². The van der Waals surface area contributed by atoms with Gasteiger partial charge in [-0.05, 0) is 48.8 Å². The summed E-state index contributed by atoms with van der Waals surface area (Å²) in [6.45, 7) is 3.63. The predicted octanol–water partition coefficient (Wildman–Crippen LogP) is 2.14. The van der Waals surface area contributed by atoms with Crippen LogP contribution >= 0.6 is 11.3 Å². The Kier molecular flexibility index (Phi) is 6.89. The molecule has 4 rings (SSSR count). The van der Waals surface area contributed by atoms with E-state index in [1.807, 2.05) is 10.3 Å². The lowest BCUT2D eigenvalue weighted by Crippen LogP contribution is -2.50. The van der Waals surface area contributed by atoms with Crippen LogP contribution in [-0.2, 0) is 19.6 Å². The number of rotatable bonds is 8. The smallest absolute Gasteiger partial charge is 0.341 e. The maximum absolute atomic E-state index is 12.7. The molecule has 1 saturated carbocycles. The molecule has 0 unspecified atom stereocenters. The predicted molar refractivity (Wildman–Crippen MR) is 120 cm³/mol. The van der Waals surface area contributed by atoms with Crippen LogP contribution in [0, 0.1) is 0 Å². The van der Waals surface area contributed by atoms with Gasteiger partial charge in [0.25, 0.3) is 0 Å². The lowest BCUT2D eigenvalue weighted by Gasteiger charge is -2.33. The standard InChI is InChI=1S/C21H26N4O5S2/c1-2-30-21(27)19-17(15-5-6-15)14-31-20(19)23-18(26)13-24-8-10-25(11-9-24)32(28,29)16-4-3-7-22-12-16/h3-4,7,12,14-15H,2,5-6,8-11,13H2,1H3,(H,23,26). The maximum atomic E-state index is 12.7. The van der Waals surface area contributed by atoms with Crippen molar-refractivity contribution in [3.63, 3.8) is 0 Å². The van der Waals surface area contributed by atoms with E-state index in [1.165, 1.54) is 34.1 Å². The molecule has 0 bridgehead atoms. The third-order valence-corrected chi connectivity index (χ3v) is 8.34. The number of anilines is 1. The SMILES string of the molecule is CCOC(=O)c1c(C2CC2)csc1NC(=O)CN1CCN(S(=O)(=O)c2cccnc2)CC1. The van der Waals surface area contributed by atoms with Crippen LogP contribution in [0.25, 0.3) is 0 Å². The number of carbonyl (C=O) groups is 2. The van der Waals surface area contributed by atoms with Crippen molar-refractivity contribution >= 4 is 38.2 Å². The van der Waals surface area contributed by atoms with Gasteiger partial charge < -0.3 is 10.1 Å². The summed E-state index contributed by atoms with van der Waals surface area (Å²) in [6.07, 6.45) is 4.96. The fourth-order valence-electron chi connectivity index (χ4n) is 3.72. The molecule has 32 heavy (non-hydrogen) atoms. The zero-order chi connectivity index (χ0) is 22.7. The number of nitrogens with zero attached hydrogens (tertiary/aromatic N) is 3. The van der Waals surface area contributed by atoms with Gasteiger partial charge in [0.05, 0.1) is 18.7 Å². The van der Waals surface area contributed by atoms with Crippen LogP contribution in [0.15, 0.2) is 34.8 Å². The van der Waals surface area contributed by atoms with Gasteiger partial charge >= 0.3 is 5.97 Å². The number of ether oxygens (including phenoxy) is 1. The maximum Gasteiger partial charge on any atom is 0.341 e. The molecule has 0 radical (unpaired) electrons. The quantitative estimate of drug-likeness (QED) is 0.579. The Morgan fingerprint density at radius 2 is 2.00 bits per heavy atom. The first-order valence-electron chi connectivity index (χ1n) is 10.6. The molecule has 1 amide bonds. The summed E-state index contributed by atoms with van der Waals surface area (Å²) >= 11 is 1.35. The van der Waals surface area contributed by atoms with Crippen LogP contribution in [0.2, 0.25) is 0 Å². The molecule has 2 aromatic heterocycles.